The van der Waals surface area contributed by atoms with E-state index in [1.165, 1.54) is 0 Å². The molecule has 0 bridgehead atoms. The summed E-state index contributed by atoms with van der Waals surface area (Å²) in [7, 11) is 0.896. The lowest BCUT2D eigenvalue weighted by Crippen LogP contribution is -2.54. The van der Waals surface area contributed by atoms with Crippen molar-refractivity contribution in [3.8, 4) is 0 Å². The number of ether oxygens (including phenoxy) is 2. The predicted octanol–water partition coefficient (Wildman–Crippen LogP) is 1.81. The Labute approximate surface area is 142 Å². The third-order valence-corrected chi connectivity index (χ3v) is 4.59. The van der Waals surface area contributed by atoms with E-state index in [-0.39, 0.29) is 12.0 Å². The molecule has 24 heavy (non-hydrogen) atoms. The van der Waals surface area contributed by atoms with Crippen molar-refractivity contribution in [2.75, 3.05) is 20.3 Å². The van der Waals surface area contributed by atoms with Gasteiger partial charge in [-0.15, -0.1) is 0 Å². The van der Waals surface area contributed by atoms with Gasteiger partial charge in [-0.3, -0.25) is 9.98 Å². The maximum absolute atomic E-state index is 9.75. The highest BCUT2D eigenvalue weighted by molar-refractivity contribution is 6.43. The Balaban J connectivity index is 1.92. The number of hydrogen-bond donors (Lipinski definition) is 1. The number of rotatable bonds is 6. The molecule has 3 unspecified atom stereocenters. The standard InChI is InChI=1S/C17H23BN2O4/c1-3-7-23-16-8-15(13-5-4-6-19-10-13)20-12-17(16,22-2)14-9-18(21)24-11-14/h4-6,8,10,12,14,16,21H,3,7,9,11H2,1-2H3. The molecule has 0 aromatic carbocycles. The van der Waals surface area contributed by atoms with Crippen LogP contribution >= 0.6 is 0 Å². The Kier molecular flexibility index (Phi) is 5.45. The van der Waals surface area contributed by atoms with Crippen LogP contribution in [0.4, 0.5) is 0 Å². The second-order valence-corrected chi connectivity index (χ2v) is 6.12. The van der Waals surface area contributed by atoms with Gasteiger partial charge in [-0.05, 0) is 30.9 Å². The Morgan fingerprint density at radius 3 is 3.00 bits per heavy atom. The van der Waals surface area contributed by atoms with Gasteiger partial charge < -0.3 is 19.2 Å². The van der Waals surface area contributed by atoms with Crippen molar-refractivity contribution in [3.05, 3.63) is 36.2 Å². The SMILES string of the molecule is CCCOC1C=C(c2cccnc2)N=CC1(OC)C1COB(O)C1. The minimum Gasteiger partial charge on any atom is -0.427 e. The zero-order chi connectivity index (χ0) is 17.0. The van der Waals surface area contributed by atoms with Gasteiger partial charge in [0.2, 0.25) is 0 Å². The van der Waals surface area contributed by atoms with Gasteiger partial charge >= 0.3 is 7.12 Å². The molecule has 0 aliphatic carbocycles. The monoisotopic (exact) mass is 330 g/mol. The van der Waals surface area contributed by atoms with Crippen molar-refractivity contribution in [3.63, 3.8) is 0 Å². The fourth-order valence-corrected chi connectivity index (χ4v) is 3.26. The van der Waals surface area contributed by atoms with Crippen LogP contribution in [0.3, 0.4) is 0 Å². The van der Waals surface area contributed by atoms with Crippen LogP contribution in [0.15, 0.2) is 35.6 Å². The molecule has 7 heteroatoms. The molecule has 3 atom stereocenters. The summed E-state index contributed by atoms with van der Waals surface area (Å²) in [6, 6.07) is 3.85. The number of aromatic nitrogens is 1. The first-order valence-corrected chi connectivity index (χ1v) is 8.33. The third kappa shape index (κ3) is 3.30. The fraction of sp³-hybridized carbons (Fsp3) is 0.529. The Hall–Kier alpha value is -1.54. The molecule has 0 spiro atoms. The van der Waals surface area contributed by atoms with E-state index in [1.54, 1.807) is 19.5 Å². The van der Waals surface area contributed by atoms with Gasteiger partial charge in [0.25, 0.3) is 0 Å². The van der Waals surface area contributed by atoms with Crippen LogP contribution in [0.1, 0.15) is 18.9 Å². The molecule has 1 saturated heterocycles. The summed E-state index contributed by atoms with van der Waals surface area (Å²) in [5, 5.41) is 9.75. The summed E-state index contributed by atoms with van der Waals surface area (Å²) in [5.74, 6) is -0.0187. The van der Waals surface area contributed by atoms with Gasteiger partial charge in [0.15, 0.2) is 0 Å². The summed E-state index contributed by atoms with van der Waals surface area (Å²) < 4.78 is 17.3. The van der Waals surface area contributed by atoms with Gasteiger partial charge in [0.1, 0.15) is 11.7 Å². The van der Waals surface area contributed by atoms with Crippen molar-refractivity contribution in [1.82, 2.24) is 4.98 Å². The van der Waals surface area contributed by atoms with Crippen molar-refractivity contribution < 1.29 is 19.2 Å². The molecule has 1 fully saturated rings. The highest BCUT2D eigenvalue weighted by atomic mass is 16.6. The highest BCUT2D eigenvalue weighted by Gasteiger charge is 2.50. The molecule has 1 aromatic heterocycles. The van der Waals surface area contributed by atoms with Gasteiger partial charge in [-0.2, -0.15) is 0 Å². The zero-order valence-electron chi connectivity index (χ0n) is 14.1. The molecule has 0 radical (unpaired) electrons. The minimum absolute atomic E-state index is 0.0187. The van der Waals surface area contributed by atoms with E-state index >= 15 is 0 Å². The summed E-state index contributed by atoms with van der Waals surface area (Å²) in [6.45, 7) is 3.11. The van der Waals surface area contributed by atoms with Crippen LogP contribution in [0.5, 0.6) is 0 Å². The molecule has 1 N–H and O–H groups in total. The van der Waals surface area contributed by atoms with Crippen molar-refractivity contribution in [2.45, 2.75) is 31.4 Å². The molecule has 3 rings (SSSR count). The average molecular weight is 330 g/mol. The van der Waals surface area contributed by atoms with Gasteiger partial charge in [0, 0.05) is 50.4 Å². The molecular formula is C17H23BN2O4. The van der Waals surface area contributed by atoms with Crippen LogP contribution in [0, 0.1) is 5.92 Å². The third-order valence-electron chi connectivity index (χ3n) is 4.59. The average Bonchev–Trinajstić information content (AvgIpc) is 3.07. The number of hydrogen-bond acceptors (Lipinski definition) is 6. The Morgan fingerprint density at radius 2 is 2.38 bits per heavy atom. The summed E-state index contributed by atoms with van der Waals surface area (Å²) >= 11 is 0. The largest absolute Gasteiger partial charge is 0.454 e. The van der Waals surface area contributed by atoms with Gasteiger partial charge in [-0.25, -0.2) is 0 Å². The summed E-state index contributed by atoms with van der Waals surface area (Å²) in [5.41, 5.74) is 1.01. The smallest absolute Gasteiger partial charge is 0.427 e. The van der Waals surface area contributed by atoms with E-state index in [0.29, 0.717) is 19.5 Å². The lowest BCUT2D eigenvalue weighted by atomic mass is 9.72. The van der Waals surface area contributed by atoms with Crippen molar-refractivity contribution in [1.29, 1.82) is 0 Å². The van der Waals surface area contributed by atoms with Crippen LogP contribution in [-0.2, 0) is 14.1 Å². The molecule has 2 aliphatic heterocycles. The van der Waals surface area contributed by atoms with E-state index in [4.69, 9.17) is 14.1 Å². The van der Waals surface area contributed by atoms with E-state index in [0.717, 1.165) is 17.7 Å². The molecule has 6 nitrogen and oxygen atoms in total. The summed E-state index contributed by atoms with van der Waals surface area (Å²) in [6.07, 6.45) is 8.42. The quantitative estimate of drug-likeness (QED) is 0.806. The first-order chi connectivity index (χ1) is 11.7. The van der Waals surface area contributed by atoms with Crippen LogP contribution in [0.2, 0.25) is 6.32 Å². The molecular weight excluding hydrogens is 307 g/mol. The maximum Gasteiger partial charge on any atom is 0.454 e. The predicted molar refractivity (Wildman–Crippen MR) is 92.7 cm³/mol. The number of methoxy groups -OCH3 is 1. The molecule has 0 saturated carbocycles. The maximum atomic E-state index is 9.75. The van der Waals surface area contributed by atoms with E-state index in [9.17, 15) is 5.02 Å². The van der Waals surface area contributed by atoms with Crippen LogP contribution < -0.4 is 0 Å². The van der Waals surface area contributed by atoms with Crippen LogP contribution in [0.25, 0.3) is 5.70 Å². The lowest BCUT2D eigenvalue weighted by Gasteiger charge is -2.41. The summed E-state index contributed by atoms with van der Waals surface area (Å²) in [4.78, 5) is 8.76. The van der Waals surface area contributed by atoms with Crippen molar-refractivity contribution >= 4 is 19.0 Å². The number of pyridine rings is 1. The first kappa shape index (κ1) is 17.3. The second-order valence-electron chi connectivity index (χ2n) is 6.12. The van der Waals surface area contributed by atoms with E-state index in [2.05, 4.69) is 16.9 Å². The molecule has 128 valence electrons. The van der Waals surface area contributed by atoms with E-state index < -0.39 is 12.7 Å². The highest BCUT2D eigenvalue weighted by Crippen LogP contribution is 2.38. The lowest BCUT2D eigenvalue weighted by molar-refractivity contribution is -0.0949. The Morgan fingerprint density at radius 1 is 1.50 bits per heavy atom. The molecule has 3 heterocycles. The normalized spacial score (nSPS) is 29.8. The number of nitrogens with zero attached hydrogens (tertiary/aromatic N) is 2. The zero-order valence-corrected chi connectivity index (χ0v) is 14.1. The second kappa shape index (κ2) is 7.57. The van der Waals surface area contributed by atoms with E-state index in [1.807, 2.05) is 24.4 Å². The molecule has 0 amide bonds. The molecule has 1 aromatic rings. The minimum atomic E-state index is -0.758. The number of aliphatic imine (C=N–C) groups is 1. The topological polar surface area (TPSA) is 73.2 Å². The van der Waals surface area contributed by atoms with Crippen molar-refractivity contribution in [2.24, 2.45) is 10.9 Å². The molecule has 2 aliphatic rings. The first-order valence-electron chi connectivity index (χ1n) is 8.33. The van der Waals surface area contributed by atoms with Crippen LogP contribution in [-0.4, -0.2) is 55.4 Å². The van der Waals surface area contributed by atoms with Gasteiger partial charge in [0.05, 0.1) is 5.70 Å². The fourth-order valence-electron chi connectivity index (χ4n) is 3.26. The Bertz CT molecular complexity index is 610. The van der Waals surface area contributed by atoms with Gasteiger partial charge in [-0.1, -0.05) is 6.92 Å².